The summed E-state index contributed by atoms with van der Waals surface area (Å²) in [5, 5.41) is 6.52. The minimum Gasteiger partial charge on any atom is -0.382 e. The number of carbonyl (C=O) groups excluding carboxylic acids is 2. The van der Waals surface area contributed by atoms with Crippen LogP contribution in [0.25, 0.3) is 16.8 Å². The summed E-state index contributed by atoms with van der Waals surface area (Å²) in [5.74, 6) is -2.46. The third kappa shape index (κ3) is 4.82. The second-order valence-corrected chi connectivity index (χ2v) is 9.36. The number of likely N-dealkylation sites (tertiary alicyclic amines) is 1. The normalized spacial score (nSPS) is 17.4. The van der Waals surface area contributed by atoms with Gasteiger partial charge in [-0.25, -0.2) is 18.3 Å². The Morgan fingerprint density at radius 2 is 1.85 bits per heavy atom. The highest BCUT2D eigenvalue weighted by Gasteiger charge is 2.38. The Morgan fingerprint density at radius 3 is 2.55 bits per heavy atom. The molecular formula is C27H23F5N6O2. The summed E-state index contributed by atoms with van der Waals surface area (Å²) in [7, 11) is 0. The zero-order chi connectivity index (χ0) is 28.8. The van der Waals surface area contributed by atoms with Gasteiger partial charge in [0.2, 0.25) is 0 Å². The number of amides is 2. The van der Waals surface area contributed by atoms with Crippen LogP contribution in [0.1, 0.15) is 38.8 Å². The van der Waals surface area contributed by atoms with Gasteiger partial charge in [0.05, 0.1) is 29.4 Å². The molecule has 13 heteroatoms. The molecule has 3 N–H and O–H groups in total. The van der Waals surface area contributed by atoms with Crippen LogP contribution in [-0.2, 0) is 12.6 Å². The number of carbonyl (C=O) groups is 2. The molecule has 1 fully saturated rings. The van der Waals surface area contributed by atoms with E-state index in [0.29, 0.717) is 12.0 Å². The Balaban J connectivity index is 1.44. The van der Waals surface area contributed by atoms with E-state index in [1.54, 1.807) is 19.1 Å². The first kappa shape index (κ1) is 27.0. The second kappa shape index (κ2) is 10.2. The standard InChI is InChI=1S/C27H23F5N6O2/c1-2-14-7-8-15(22-10-18(27(30,31)32)23-24(33)34-13-35-38(22)23)9-17(14)25(39)36-21-12-37(11-20(21)29)26(40)16-5-3-4-6-19(16)28/h3-10,13,20-21H,2,11-12H2,1H3,(H,36,39)(H2,33,34,35)/t20-,21+/m0/s1. The Labute approximate surface area is 224 Å². The number of fused-ring (bicyclic) bond motifs is 1. The number of anilines is 1. The predicted molar refractivity (Wildman–Crippen MR) is 136 cm³/mol. The van der Waals surface area contributed by atoms with E-state index in [0.717, 1.165) is 27.9 Å². The fourth-order valence-corrected chi connectivity index (χ4v) is 4.86. The van der Waals surface area contributed by atoms with Crippen LogP contribution in [0, 0.1) is 5.82 Å². The van der Waals surface area contributed by atoms with E-state index in [-0.39, 0.29) is 41.3 Å². The van der Waals surface area contributed by atoms with Crippen molar-refractivity contribution in [1.29, 1.82) is 0 Å². The van der Waals surface area contributed by atoms with Gasteiger partial charge in [0.15, 0.2) is 5.82 Å². The van der Waals surface area contributed by atoms with E-state index >= 15 is 0 Å². The average molecular weight is 559 g/mol. The molecule has 0 saturated carbocycles. The average Bonchev–Trinajstić information content (AvgIpc) is 3.50. The number of nitrogens with two attached hydrogens (primary N) is 1. The number of aryl methyl sites for hydroxylation is 1. The van der Waals surface area contributed by atoms with Gasteiger partial charge >= 0.3 is 6.18 Å². The van der Waals surface area contributed by atoms with Crippen LogP contribution >= 0.6 is 0 Å². The molecule has 0 radical (unpaired) electrons. The van der Waals surface area contributed by atoms with Crippen molar-refractivity contribution in [2.75, 3.05) is 18.8 Å². The van der Waals surface area contributed by atoms with Crippen molar-refractivity contribution in [2.24, 2.45) is 0 Å². The lowest BCUT2D eigenvalue weighted by Crippen LogP contribution is -2.42. The molecule has 0 aliphatic carbocycles. The lowest BCUT2D eigenvalue weighted by atomic mass is 9.99. The molecule has 5 rings (SSSR count). The van der Waals surface area contributed by atoms with Gasteiger partial charge in [-0.3, -0.25) is 9.59 Å². The molecule has 1 aliphatic heterocycles. The molecule has 8 nitrogen and oxygen atoms in total. The quantitative estimate of drug-likeness (QED) is 0.356. The Kier molecular flexibility index (Phi) is 6.90. The highest BCUT2D eigenvalue weighted by Crippen LogP contribution is 2.39. The van der Waals surface area contributed by atoms with Gasteiger partial charge < -0.3 is 16.0 Å². The first-order valence-electron chi connectivity index (χ1n) is 12.3. The maximum atomic E-state index is 14.9. The monoisotopic (exact) mass is 558 g/mol. The molecule has 2 amide bonds. The Bertz CT molecular complexity index is 1620. The number of nitrogens with zero attached hydrogens (tertiary/aromatic N) is 4. The van der Waals surface area contributed by atoms with Crippen LogP contribution in [0.3, 0.4) is 0 Å². The molecule has 2 atom stereocenters. The summed E-state index contributed by atoms with van der Waals surface area (Å²) < 4.78 is 71.3. The van der Waals surface area contributed by atoms with E-state index in [1.165, 1.54) is 24.3 Å². The number of halogens is 5. The number of nitrogen functional groups attached to an aromatic ring is 1. The molecule has 208 valence electrons. The molecule has 40 heavy (non-hydrogen) atoms. The van der Waals surface area contributed by atoms with E-state index in [4.69, 9.17) is 5.73 Å². The first-order chi connectivity index (χ1) is 19.0. The number of hydrogen-bond donors (Lipinski definition) is 2. The first-order valence-corrected chi connectivity index (χ1v) is 12.3. The van der Waals surface area contributed by atoms with Crippen molar-refractivity contribution >= 4 is 23.1 Å². The van der Waals surface area contributed by atoms with Gasteiger partial charge in [0, 0.05) is 17.7 Å². The summed E-state index contributed by atoms with van der Waals surface area (Å²) in [6.45, 7) is 1.27. The number of aromatic nitrogens is 3. The highest BCUT2D eigenvalue weighted by atomic mass is 19.4. The van der Waals surface area contributed by atoms with Gasteiger partial charge in [-0.1, -0.05) is 31.2 Å². The largest absolute Gasteiger partial charge is 0.418 e. The second-order valence-electron chi connectivity index (χ2n) is 9.36. The molecule has 0 spiro atoms. The van der Waals surface area contributed by atoms with Crippen LogP contribution in [0.15, 0.2) is 54.9 Å². The van der Waals surface area contributed by atoms with Gasteiger partial charge in [0.25, 0.3) is 11.8 Å². The fraction of sp³-hybridized carbons (Fsp3) is 0.259. The molecule has 3 heterocycles. The summed E-state index contributed by atoms with van der Waals surface area (Å²) in [5.41, 5.74) is 5.04. The molecular weight excluding hydrogens is 535 g/mol. The minimum atomic E-state index is -4.74. The molecule has 2 aromatic carbocycles. The van der Waals surface area contributed by atoms with E-state index in [9.17, 15) is 31.5 Å². The topological polar surface area (TPSA) is 106 Å². The van der Waals surface area contributed by atoms with Gasteiger partial charge in [-0.15, -0.1) is 0 Å². The lowest BCUT2D eigenvalue weighted by Gasteiger charge is -2.18. The van der Waals surface area contributed by atoms with E-state index in [1.807, 2.05) is 0 Å². The molecule has 0 bridgehead atoms. The molecule has 2 aromatic heterocycles. The van der Waals surface area contributed by atoms with Crippen molar-refractivity contribution in [3.05, 3.63) is 82.9 Å². The summed E-state index contributed by atoms with van der Waals surface area (Å²) in [6.07, 6.45) is -4.93. The van der Waals surface area contributed by atoms with Crippen LogP contribution in [-0.4, -0.2) is 56.6 Å². The Hall–Kier alpha value is -4.55. The van der Waals surface area contributed by atoms with Crippen LogP contribution in [0.5, 0.6) is 0 Å². The van der Waals surface area contributed by atoms with Crippen LogP contribution < -0.4 is 11.1 Å². The zero-order valence-corrected chi connectivity index (χ0v) is 21.0. The van der Waals surface area contributed by atoms with Crippen molar-refractivity contribution in [1.82, 2.24) is 24.8 Å². The van der Waals surface area contributed by atoms with Crippen molar-refractivity contribution in [3.8, 4) is 11.3 Å². The number of rotatable bonds is 5. The molecule has 0 unspecified atom stereocenters. The summed E-state index contributed by atoms with van der Waals surface area (Å²) >= 11 is 0. The fourth-order valence-electron chi connectivity index (χ4n) is 4.86. The van der Waals surface area contributed by atoms with Gasteiger partial charge in [0.1, 0.15) is 23.8 Å². The highest BCUT2D eigenvalue weighted by molar-refractivity contribution is 5.98. The van der Waals surface area contributed by atoms with E-state index in [2.05, 4.69) is 15.4 Å². The zero-order valence-electron chi connectivity index (χ0n) is 21.0. The lowest BCUT2D eigenvalue weighted by molar-refractivity contribution is -0.136. The third-order valence-corrected chi connectivity index (χ3v) is 6.88. The van der Waals surface area contributed by atoms with Crippen LogP contribution in [0.2, 0.25) is 0 Å². The smallest absolute Gasteiger partial charge is 0.382 e. The van der Waals surface area contributed by atoms with Crippen molar-refractivity contribution < 1.29 is 31.5 Å². The maximum Gasteiger partial charge on any atom is 0.418 e. The predicted octanol–water partition coefficient (Wildman–Crippen LogP) is 4.29. The molecule has 4 aromatic rings. The summed E-state index contributed by atoms with van der Waals surface area (Å²) in [4.78, 5) is 30.8. The maximum absolute atomic E-state index is 14.9. The van der Waals surface area contributed by atoms with Gasteiger partial charge in [-0.2, -0.15) is 18.3 Å². The van der Waals surface area contributed by atoms with Crippen molar-refractivity contribution in [3.63, 3.8) is 0 Å². The SMILES string of the molecule is CCc1ccc(-c2cc(C(F)(F)F)c3c(N)ncnn23)cc1C(=O)N[C@@H]1CN(C(=O)c2ccccc2F)C[C@@H]1F. The Morgan fingerprint density at radius 1 is 1.10 bits per heavy atom. The summed E-state index contributed by atoms with van der Waals surface area (Å²) in [6, 6.07) is 9.70. The molecule has 1 aliphatic rings. The molecule has 1 saturated heterocycles. The van der Waals surface area contributed by atoms with Crippen LogP contribution in [0.4, 0.5) is 27.8 Å². The number of nitrogens with one attached hydrogen (secondary N) is 1. The third-order valence-electron chi connectivity index (χ3n) is 6.88. The van der Waals surface area contributed by atoms with E-state index < -0.39 is 47.1 Å². The van der Waals surface area contributed by atoms with Gasteiger partial charge in [-0.05, 0) is 36.2 Å². The number of alkyl halides is 4. The van der Waals surface area contributed by atoms with Crippen molar-refractivity contribution in [2.45, 2.75) is 31.7 Å². The number of benzene rings is 2. The minimum absolute atomic E-state index is 0.0269. The number of hydrogen-bond acceptors (Lipinski definition) is 5.